The molecule has 4 aromatic rings. The first-order valence-electron chi connectivity index (χ1n) is 10.3. The number of nitrogens with zero attached hydrogens (tertiary/aromatic N) is 5. The van der Waals surface area contributed by atoms with Crippen LogP contribution in [0.15, 0.2) is 63.4 Å². The topological polar surface area (TPSA) is 111 Å². The van der Waals surface area contributed by atoms with Crippen LogP contribution in [0.5, 0.6) is 5.88 Å². The Bertz CT molecular complexity index is 1320. The Morgan fingerprint density at radius 3 is 2.66 bits per heavy atom. The molecule has 0 aliphatic carbocycles. The van der Waals surface area contributed by atoms with Crippen molar-refractivity contribution in [1.29, 1.82) is 0 Å². The lowest BCUT2D eigenvalue weighted by Crippen LogP contribution is -2.44. The van der Waals surface area contributed by atoms with Crippen LogP contribution >= 0.6 is 0 Å². The fraction of sp³-hybridized carbons (Fsp3) is 0.217. The molecule has 0 spiro atoms. The van der Waals surface area contributed by atoms with Gasteiger partial charge in [0.05, 0.1) is 30.5 Å². The number of anilines is 1. The van der Waals surface area contributed by atoms with Crippen LogP contribution in [0.2, 0.25) is 0 Å². The number of aromatic amines is 1. The zero-order valence-corrected chi connectivity index (χ0v) is 17.5. The Labute approximate surface area is 183 Å². The van der Waals surface area contributed by atoms with Crippen LogP contribution in [0.1, 0.15) is 5.56 Å². The summed E-state index contributed by atoms with van der Waals surface area (Å²) < 4.78 is 5.16. The zero-order valence-electron chi connectivity index (χ0n) is 17.5. The summed E-state index contributed by atoms with van der Waals surface area (Å²) in [7, 11) is 2.11. The smallest absolute Gasteiger partial charge is 0.258 e. The van der Waals surface area contributed by atoms with E-state index in [0.29, 0.717) is 22.2 Å². The molecule has 9 nitrogen and oxygen atoms in total. The molecule has 0 bridgehead atoms. The van der Waals surface area contributed by atoms with E-state index < -0.39 is 0 Å². The summed E-state index contributed by atoms with van der Waals surface area (Å²) in [4.78, 5) is 32.5. The van der Waals surface area contributed by atoms with Gasteiger partial charge < -0.3 is 19.3 Å². The van der Waals surface area contributed by atoms with Crippen molar-refractivity contribution in [1.82, 2.24) is 19.9 Å². The molecule has 1 fully saturated rings. The highest BCUT2D eigenvalue weighted by molar-refractivity contribution is 6.03. The maximum Gasteiger partial charge on any atom is 0.258 e. The van der Waals surface area contributed by atoms with E-state index in [0.717, 1.165) is 43.1 Å². The molecule has 9 heteroatoms. The number of pyridine rings is 1. The van der Waals surface area contributed by atoms with Crippen molar-refractivity contribution >= 4 is 28.6 Å². The summed E-state index contributed by atoms with van der Waals surface area (Å²) in [5, 5.41) is 11.4. The largest absolute Gasteiger partial charge is 0.494 e. The molecule has 32 heavy (non-hydrogen) atoms. The van der Waals surface area contributed by atoms with Gasteiger partial charge in [0.15, 0.2) is 5.82 Å². The fourth-order valence-electron chi connectivity index (χ4n) is 3.78. The molecule has 162 valence electrons. The molecule has 1 saturated heterocycles. The number of rotatable bonds is 4. The summed E-state index contributed by atoms with van der Waals surface area (Å²) >= 11 is 0. The van der Waals surface area contributed by atoms with E-state index in [-0.39, 0.29) is 11.4 Å². The number of aromatic nitrogens is 3. The Balaban J connectivity index is 1.46. The van der Waals surface area contributed by atoms with E-state index in [2.05, 4.69) is 36.8 Å². The Morgan fingerprint density at radius 2 is 1.94 bits per heavy atom. The quantitative estimate of drug-likeness (QED) is 0.479. The van der Waals surface area contributed by atoms with Gasteiger partial charge in [-0.1, -0.05) is 6.07 Å². The molecular weight excluding hydrogens is 408 g/mol. The molecule has 0 atom stereocenters. The van der Waals surface area contributed by atoms with Gasteiger partial charge in [0.25, 0.3) is 5.56 Å². The third kappa shape index (κ3) is 3.85. The highest BCUT2D eigenvalue weighted by Crippen LogP contribution is 2.28. The molecule has 0 saturated carbocycles. The number of nitrogens with one attached hydrogen (secondary N) is 1. The van der Waals surface area contributed by atoms with Crippen LogP contribution in [0, 0.1) is 0 Å². The van der Waals surface area contributed by atoms with Gasteiger partial charge in [-0.05, 0) is 30.8 Å². The maximum atomic E-state index is 12.3. The van der Waals surface area contributed by atoms with Crippen LogP contribution < -0.4 is 10.5 Å². The molecule has 0 unspecified atom stereocenters. The number of piperazine rings is 1. The number of hydrogen-bond donors (Lipinski definition) is 2. The highest BCUT2D eigenvalue weighted by Gasteiger charge is 2.15. The normalized spacial score (nSPS) is 15.1. The Hall–Kier alpha value is -3.98. The van der Waals surface area contributed by atoms with E-state index in [1.54, 1.807) is 31.0 Å². The number of furan rings is 1. The molecule has 1 aliphatic heterocycles. The van der Waals surface area contributed by atoms with E-state index in [4.69, 9.17) is 4.42 Å². The van der Waals surface area contributed by atoms with Crippen molar-refractivity contribution in [3.63, 3.8) is 0 Å². The minimum absolute atomic E-state index is 0.252. The second kappa shape index (κ2) is 8.27. The van der Waals surface area contributed by atoms with E-state index in [1.807, 2.05) is 18.2 Å². The second-order valence-corrected chi connectivity index (χ2v) is 7.77. The first kappa shape index (κ1) is 20.0. The Kier molecular flexibility index (Phi) is 5.16. The van der Waals surface area contributed by atoms with Crippen molar-refractivity contribution in [3.05, 3.63) is 65.1 Å². The van der Waals surface area contributed by atoms with Gasteiger partial charge >= 0.3 is 0 Å². The zero-order chi connectivity index (χ0) is 22.1. The first-order chi connectivity index (χ1) is 15.6. The molecule has 5 rings (SSSR count). The van der Waals surface area contributed by atoms with E-state index in [1.165, 1.54) is 6.21 Å². The van der Waals surface area contributed by atoms with Gasteiger partial charge in [-0.2, -0.15) is 0 Å². The van der Waals surface area contributed by atoms with E-state index >= 15 is 0 Å². The summed E-state index contributed by atoms with van der Waals surface area (Å²) in [6.07, 6.45) is 8.01. The van der Waals surface area contributed by atoms with Crippen LogP contribution in [-0.2, 0) is 0 Å². The molecule has 2 N–H and O–H groups in total. The van der Waals surface area contributed by atoms with Crippen LogP contribution in [0.25, 0.3) is 21.9 Å². The van der Waals surface area contributed by atoms with Crippen molar-refractivity contribution in [3.8, 4) is 17.0 Å². The van der Waals surface area contributed by atoms with Gasteiger partial charge in [0, 0.05) is 48.7 Å². The van der Waals surface area contributed by atoms with Crippen molar-refractivity contribution in [2.24, 2.45) is 4.99 Å². The number of benzene rings is 1. The third-order valence-corrected chi connectivity index (χ3v) is 5.67. The minimum atomic E-state index is -0.371. The molecule has 0 radical (unpaired) electrons. The van der Waals surface area contributed by atoms with Crippen molar-refractivity contribution in [2.75, 3.05) is 38.1 Å². The van der Waals surface area contributed by atoms with Gasteiger partial charge in [0.1, 0.15) is 5.82 Å². The van der Waals surface area contributed by atoms with E-state index in [9.17, 15) is 9.90 Å². The molecule has 4 heterocycles. The number of aromatic hydroxyl groups is 1. The number of fused-ring (bicyclic) bond motifs is 1. The van der Waals surface area contributed by atoms with Crippen molar-refractivity contribution < 1.29 is 9.52 Å². The maximum absolute atomic E-state index is 12.3. The number of aliphatic imine (C=N–C) groups is 1. The van der Waals surface area contributed by atoms with Crippen LogP contribution in [0.4, 0.5) is 11.6 Å². The second-order valence-electron chi connectivity index (χ2n) is 7.77. The SMILES string of the molecule is CN1CCN(c2cnc(/N=C/c3c(O)[nH]c(=O)c4ccc(-c5ccoc5)cc34)cn2)CC1. The minimum Gasteiger partial charge on any atom is -0.494 e. The van der Waals surface area contributed by atoms with Crippen LogP contribution in [0.3, 0.4) is 0 Å². The van der Waals surface area contributed by atoms with Crippen LogP contribution in [-0.4, -0.2) is 64.4 Å². The fourth-order valence-corrected chi connectivity index (χ4v) is 3.78. The molecule has 1 aromatic carbocycles. The first-order valence-corrected chi connectivity index (χ1v) is 10.3. The molecule has 3 aromatic heterocycles. The van der Waals surface area contributed by atoms with Gasteiger partial charge in [0.2, 0.25) is 5.88 Å². The lowest BCUT2D eigenvalue weighted by Gasteiger charge is -2.32. The average Bonchev–Trinajstić information content (AvgIpc) is 3.35. The monoisotopic (exact) mass is 430 g/mol. The van der Waals surface area contributed by atoms with Gasteiger partial charge in [-0.15, -0.1) is 0 Å². The highest BCUT2D eigenvalue weighted by atomic mass is 16.3. The predicted molar refractivity (Wildman–Crippen MR) is 123 cm³/mol. The van der Waals surface area contributed by atoms with Gasteiger partial charge in [-0.25, -0.2) is 15.0 Å². The third-order valence-electron chi connectivity index (χ3n) is 5.67. The van der Waals surface area contributed by atoms with Gasteiger partial charge in [-0.3, -0.25) is 9.78 Å². The predicted octanol–water partition coefficient (Wildman–Crippen LogP) is 2.79. The summed E-state index contributed by atoms with van der Waals surface area (Å²) in [6, 6.07) is 7.22. The lowest BCUT2D eigenvalue weighted by molar-refractivity contribution is 0.312. The summed E-state index contributed by atoms with van der Waals surface area (Å²) in [5.41, 5.74) is 1.77. The lowest BCUT2D eigenvalue weighted by atomic mass is 10.0. The number of likely N-dealkylation sites (N-methyl/N-ethyl adjacent to an activating group) is 1. The summed E-state index contributed by atoms with van der Waals surface area (Å²) in [5.74, 6) is 0.976. The number of H-pyrrole nitrogens is 1. The Morgan fingerprint density at radius 1 is 1.09 bits per heavy atom. The molecule has 1 aliphatic rings. The van der Waals surface area contributed by atoms with Crippen molar-refractivity contribution in [2.45, 2.75) is 0 Å². The average molecular weight is 430 g/mol. The number of hydrogen-bond acceptors (Lipinski definition) is 8. The standard InChI is InChI=1S/C23H22N6O3/c1-28-5-7-29(8-6-28)21-13-25-20(12-26-21)24-11-19-18-10-15(16-4-9-32-14-16)2-3-17(18)22(30)27-23(19)31/h2-4,9-14H,5-8H2,1H3,(H2,27,30,31)/b24-11+. The molecular formula is C23H22N6O3. The summed E-state index contributed by atoms with van der Waals surface area (Å²) in [6.45, 7) is 3.79. The molecule has 0 amide bonds.